The molecule has 5 nitrogen and oxygen atoms in total. The van der Waals surface area contributed by atoms with Crippen LogP contribution < -0.4 is 5.32 Å². The van der Waals surface area contributed by atoms with Crippen LogP contribution in [0.3, 0.4) is 0 Å². The largest absolute Gasteiger partial charge is 0.481 e. The summed E-state index contributed by atoms with van der Waals surface area (Å²) in [6, 6.07) is -0.0521. The molecule has 5 heteroatoms. The highest BCUT2D eigenvalue weighted by Gasteiger charge is 2.38. The van der Waals surface area contributed by atoms with Crippen molar-refractivity contribution in [2.75, 3.05) is 6.54 Å². The molecule has 0 radical (unpaired) electrons. The zero-order chi connectivity index (χ0) is 14.0. The average molecular weight is 268 g/mol. The second-order valence-electron chi connectivity index (χ2n) is 5.99. The van der Waals surface area contributed by atoms with Crippen LogP contribution in [-0.4, -0.2) is 40.6 Å². The van der Waals surface area contributed by atoms with Gasteiger partial charge in [0.25, 0.3) is 0 Å². The maximum atomic E-state index is 12.3. The number of nitrogens with one attached hydrogen (secondary N) is 1. The standard InChI is InChI=1S/C14H24N2O3/c1-9-5-3-4-6-12(9)15-14(19)16-8-7-11(10(16)2)13(17)18/h9-12H,3-8H2,1-2H3,(H,15,19)(H,17,18). The van der Waals surface area contributed by atoms with Crippen molar-refractivity contribution in [2.45, 2.75) is 58.0 Å². The Morgan fingerprint density at radius 2 is 1.84 bits per heavy atom. The molecule has 0 aromatic rings. The monoisotopic (exact) mass is 268 g/mol. The Morgan fingerprint density at radius 1 is 1.16 bits per heavy atom. The third-order valence-electron chi connectivity index (χ3n) is 4.75. The van der Waals surface area contributed by atoms with Gasteiger partial charge < -0.3 is 15.3 Å². The van der Waals surface area contributed by atoms with Gasteiger partial charge in [-0.3, -0.25) is 4.79 Å². The van der Waals surface area contributed by atoms with Crippen molar-refractivity contribution in [3.05, 3.63) is 0 Å². The number of urea groups is 1. The van der Waals surface area contributed by atoms with Gasteiger partial charge >= 0.3 is 12.0 Å². The van der Waals surface area contributed by atoms with Crippen LogP contribution in [-0.2, 0) is 4.79 Å². The molecule has 0 bridgehead atoms. The molecule has 4 atom stereocenters. The van der Waals surface area contributed by atoms with Crippen molar-refractivity contribution >= 4 is 12.0 Å². The smallest absolute Gasteiger partial charge is 0.317 e. The van der Waals surface area contributed by atoms with Gasteiger partial charge in [-0.05, 0) is 32.1 Å². The molecule has 2 N–H and O–H groups in total. The van der Waals surface area contributed by atoms with Crippen LogP contribution in [0.2, 0.25) is 0 Å². The van der Waals surface area contributed by atoms with E-state index in [1.807, 2.05) is 6.92 Å². The van der Waals surface area contributed by atoms with Crippen molar-refractivity contribution < 1.29 is 14.7 Å². The molecule has 1 aliphatic carbocycles. The third kappa shape index (κ3) is 3.01. The van der Waals surface area contributed by atoms with Crippen LogP contribution in [0.5, 0.6) is 0 Å². The number of aliphatic carboxylic acids is 1. The number of rotatable bonds is 2. The number of carbonyl (C=O) groups excluding carboxylic acids is 1. The predicted octanol–water partition coefficient (Wildman–Crippen LogP) is 2.07. The van der Waals surface area contributed by atoms with Gasteiger partial charge in [0.15, 0.2) is 0 Å². The molecule has 0 aromatic heterocycles. The zero-order valence-corrected chi connectivity index (χ0v) is 11.8. The molecular formula is C14H24N2O3. The summed E-state index contributed by atoms with van der Waals surface area (Å²) in [5.74, 6) is -0.700. The van der Waals surface area contributed by atoms with Gasteiger partial charge in [-0.2, -0.15) is 0 Å². The molecule has 2 fully saturated rings. The van der Waals surface area contributed by atoms with E-state index in [-0.39, 0.29) is 18.1 Å². The quantitative estimate of drug-likeness (QED) is 0.805. The van der Waals surface area contributed by atoms with Crippen LogP contribution in [0, 0.1) is 11.8 Å². The Labute approximate surface area is 114 Å². The summed E-state index contributed by atoms with van der Waals surface area (Å²) in [7, 11) is 0. The molecule has 1 saturated carbocycles. The van der Waals surface area contributed by atoms with Crippen LogP contribution in [0.25, 0.3) is 0 Å². The van der Waals surface area contributed by atoms with Crippen molar-refractivity contribution in [3.8, 4) is 0 Å². The number of carbonyl (C=O) groups is 2. The molecule has 0 spiro atoms. The van der Waals surface area contributed by atoms with E-state index in [2.05, 4.69) is 12.2 Å². The fraction of sp³-hybridized carbons (Fsp3) is 0.857. The van der Waals surface area contributed by atoms with E-state index in [4.69, 9.17) is 5.11 Å². The van der Waals surface area contributed by atoms with Gasteiger partial charge in [-0.1, -0.05) is 19.8 Å². The summed E-state index contributed by atoms with van der Waals surface area (Å²) in [5, 5.41) is 12.2. The SMILES string of the molecule is CC1CCCCC1NC(=O)N1CCC(C(=O)O)C1C. The molecule has 1 aliphatic heterocycles. The predicted molar refractivity (Wildman–Crippen MR) is 71.9 cm³/mol. The van der Waals surface area contributed by atoms with Crippen molar-refractivity contribution in [1.29, 1.82) is 0 Å². The fourth-order valence-corrected chi connectivity index (χ4v) is 3.33. The second kappa shape index (κ2) is 5.80. The average Bonchev–Trinajstić information content (AvgIpc) is 2.74. The molecule has 4 unspecified atom stereocenters. The number of amides is 2. The van der Waals surface area contributed by atoms with Gasteiger partial charge in [-0.15, -0.1) is 0 Å². The van der Waals surface area contributed by atoms with Gasteiger partial charge in [0.05, 0.1) is 5.92 Å². The first-order valence-electron chi connectivity index (χ1n) is 7.30. The van der Waals surface area contributed by atoms with E-state index < -0.39 is 11.9 Å². The first-order chi connectivity index (χ1) is 9.00. The van der Waals surface area contributed by atoms with Gasteiger partial charge in [0, 0.05) is 18.6 Å². The first kappa shape index (κ1) is 14.2. The molecule has 2 rings (SSSR count). The Balaban J connectivity index is 1.91. The molecule has 1 heterocycles. The number of carboxylic acids is 1. The minimum absolute atomic E-state index is 0.0880. The second-order valence-corrected chi connectivity index (χ2v) is 5.99. The molecule has 2 amide bonds. The van der Waals surface area contributed by atoms with E-state index >= 15 is 0 Å². The summed E-state index contributed by atoms with van der Waals surface area (Å²) < 4.78 is 0. The van der Waals surface area contributed by atoms with E-state index in [9.17, 15) is 9.59 Å². The van der Waals surface area contributed by atoms with Crippen molar-refractivity contribution in [3.63, 3.8) is 0 Å². The van der Waals surface area contributed by atoms with Gasteiger partial charge in [0.1, 0.15) is 0 Å². The maximum Gasteiger partial charge on any atom is 0.317 e. The number of hydrogen-bond acceptors (Lipinski definition) is 2. The van der Waals surface area contributed by atoms with Crippen molar-refractivity contribution in [2.24, 2.45) is 11.8 Å². The summed E-state index contributed by atoms with van der Waals surface area (Å²) in [6.45, 7) is 4.55. The molecule has 2 aliphatic rings. The number of nitrogens with zero attached hydrogens (tertiary/aromatic N) is 1. The maximum absolute atomic E-state index is 12.3. The van der Waals surface area contributed by atoms with Crippen LogP contribution >= 0.6 is 0 Å². The highest BCUT2D eigenvalue weighted by atomic mass is 16.4. The Morgan fingerprint density at radius 3 is 2.42 bits per heavy atom. The zero-order valence-electron chi connectivity index (χ0n) is 11.8. The summed E-state index contributed by atoms with van der Waals surface area (Å²) in [4.78, 5) is 25.0. The Kier molecular flexibility index (Phi) is 4.32. The highest BCUT2D eigenvalue weighted by Crippen LogP contribution is 2.27. The number of carboxylic acid groups (broad SMARTS) is 1. The van der Waals surface area contributed by atoms with E-state index in [1.165, 1.54) is 12.8 Å². The first-order valence-corrected chi connectivity index (χ1v) is 7.30. The topological polar surface area (TPSA) is 69.6 Å². The molecule has 19 heavy (non-hydrogen) atoms. The minimum Gasteiger partial charge on any atom is -0.481 e. The molecule has 1 saturated heterocycles. The molecular weight excluding hydrogens is 244 g/mol. The van der Waals surface area contributed by atoms with Crippen LogP contribution in [0.15, 0.2) is 0 Å². The Hall–Kier alpha value is -1.26. The van der Waals surface area contributed by atoms with Gasteiger partial charge in [-0.25, -0.2) is 4.79 Å². The Bertz CT molecular complexity index is 359. The summed E-state index contributed by atoms with van der Waals surface area (Å²) in [5.41, 5.74) is 0. The number of likely N-dealkylation sites (tertiary alicyclic amines) is 1. The minimum atomic E-state index is -0.797. The lowest BCUT2D eigenvalue weighted by molar-refractivity contribution is -0.142. The summed E-state index contributed by atoms with van der Waals surface area (Å²) in [6.07, 6.45) is 5.18. The lowest BCUT2D eigenvalue weighted by Crippen LogP contribution is -2.49. The van der Waals surface area contributed by atoms with Crippen LogP contribution in [0.1, 0.15) is 46.0 Å². The lowest BCUT2D eigenvalue weighted by atomic mass is 9.86. The van der Waals surface area contributed by atoms with E-state index in [0.717, 1.165) is 12.8 Å². The fourth-order valence-electron chi connectivity index (χ4n) is 3.33. The molecule has 0 aromatic carbocycles. The normalized spacial score (nSPS) is 35.2. The summed E-state index contributed by atoms with van der Waals surface area (Å²) >= 11 is 0. The van der Waals surface area contributed by atoms with E-state index in [0.29, 0.717) is 18.9 Å². The third-order valence-corrected chi connectivity index (χ3v) is 4.75. The lowest BCUT2D eigenvalue weighted by Gasteiger charge is -2.32. The van der Waals surface area contributed by atoms with Gasteiger partial charge in [0.2, 0.25) is 0 Å². The van der Waals surface area contributed by atoms with Crippen LogP contribution in [0.4, 0.5) is 4.79 Å². The molecule has 108 valence electrons. The number of hydrogen-bond donors (Lipinski definition) is 2. The highest BCUT2D eigenvalue weighted by molar-refractivity contribution is 5.78. The van der Waals surface area contributed by atoms with Crippen molar-refractivity contribution in [1.82, 2.24) is 10.2 Å². The van der Waals surface area contributed by atoms with E-state index in [1.54, 1.807) is 4.90 Å².